The molecule has 16 heavy (non-hydrogen) atoms. The smallest absolute Gasteiger partial charge is 0.377 e. The van der Waals surface area contributed by atoms with Gasteiger partial charge in [-0.25, -0.2) is 0 Å². The van der Waals surface area contributed by atoms with Crippen molar-refractivity contribution in [2.24, 2.45) is 5.41 Å². The van der Waals surface area contributed by atoms with Gasteiger partial charge in [-0.3, -0.25) is 0 Å². The topological polar surface area (TPSA) is 27.7 Å². The van der Waals surface area contributed by atoms with E-state index in [4.69, 9.17) is 13.3 Å². The molecule has 0 aromatic carbocycles. The maximum Gasteiger partial charge on any atom is 0.500 e. The van der Waals surface area contributed by atoms with Gasteiger partial charge in [-0.05, 0) is 18.3 Å². The largest absolute Gasteiger partial charge is 0.500 e. The normalized spacial score (nSPS) is 13.1. The van der Waals surface area contributed by atoms with Crippen molar-refractivity contribution < 1.29 is 13.3 Å². The van der Waals surface area contributed by atoms with Crippen molar-refractivity contribution in [2.45, 2.75) is 52.5 Å². The molecule has 0 aliphatic heterocycles. The maximum absolute atomic E-state index is 5.39. The zero-order valence-electron chi connectivity index (χ0n) is 11.8. The molecule has 0 bridgehead atoms. The van der Waals surface area contributed by atoms with Gasteiger partial charge in [0.05, 0.1) is 0 Å². The summed E-state index contributed by atoms with van der Waals surface area (Å²) in [5.41, 5.74) is 0.456. The van der Waals surface area contributed by atoms with E-state index in [0.717, 1.165) is 12.5 Å². The van der Waals surface area contributed by atoms with Crippen LogP contribution in [0.3, 0.4) is 0 Å². The summed E-state index contributed by atoms with van der Waals surface area (Å²) in [6.07, 6.45) is 4.82. The molecule has 0 amide bonds. The summed E-state index contributed by atoms with van der Waals surface area (Å²) in [5.74, 6) is 0. The van der Waals surface area contributed by atoms with Crippen LogP contribution in [0, 0.1) is 5.41 Å². The summed E-state index contributed by atoms with van der Waals surface area (Å²) in [7, 11) is 2.70. The molecule has 0 aromatic rings. The minimum Gasteiger partial charge on any atom is -0.377 e. The van der Waals surface area contributed by atoms with Crippen LogP contribution in [-0.2, 0) is 13.3 Å². The second-order valence-corrected chi connectivity index (χ2v) is 8.11. The van der Waals surface area contributed by atoms with E-state index < -0.39 is 8.80 Å². The molecule has 0 rings (SSSR count). The summed E-state index contributed by atoms with van der Waals surface area (Å²) in [4.78, 5) is 0. The highest BCUT2D eigenvalue weighted by Crippen LogP contribution is 2.28. The molecule has 0 aromatic heterocycles. The Kier molecular flexibility index (Phi) is 7.47. The first-order valence-corrected chi connectivity index (χ1v) is 8.04. The van der Waals surface area contributed by atoms with Crippen LogP contribution in [0.2, 0.25) is 6.04 Å². The fourth-order valence-electron chi connectivity index (χ4n) is 1.68. The average molecular weight is 248 g/mol. The first-order valence-electron chi connectivity index (χ1n) is 6.10. The van der Waals surface area contributed by atoms with Gasteiger partial charge in [0.2, 0.25) is 0 Å². The summed E-state index contributed by atoms with van der Waals surface area (Å²) < 4.78 is 16.2. The number of hydrogen-bond acceptors (Lipinski definition) is 3. The second kappa shape index (κ2) is 7.43. The Balaban J connectivity index is 3.88. The van der Waals surface area contributed by atoms with Crippen molar-refractivity contribution in [3.05, 3.63) is 0 Å². The van der Waals surface area contributed by atoms with Crippen LogP contribution < -0.4 is 0 Å². The molecule has 0 unspecified atom stereocenters. The average Bonchev–Trinajstić information content (AvgIpc) is 2.30. The van der Waals surface area contributed by atoms with Crippen LogP contribution in [0.25, 0.3) is 0 Å². The lowest BCUT2D eigenvalue weighted by molar-refractivity contribution is 0.122. The SMILES string of the molecule is CCC(C)(C)CCCC[Si](OC)(OC)OC. The lowest BCUT2D eigenvalue weighted by Crippen LogP contribution is -2.42. The first-order chi connectivity index (χ1) is 7.45. The van der Waals surface area contributed by atoms with Crippen molar-refractivity contribution >= 4 is 8.80 Å². The van der Waals surface area contributed by atoms with Gasteiger partial charge in [0.15, 0.2) is 0 Å². The lowest BCUT2D eigenvalue weighted by atomic mass is 9.85. The second-order valence-electron chi connectivity index (χ2n) is 5.02. The minimum absolute atomic E-state index is 0.456. The molecule has 0 heterocycles. The zero-order chi connectivity index (χ0) is 12.7. The van der Waals surface area contributed by atoms with Gasteiger partial charge in [0.1, 0.15) is 0 Å². The van der Waals surface area contributed by atoms with Crippen molar-refractivity contribution in [1.29, 1.82) is 0 Å². The molecule has 98 valence electrons. The standard InChI is InChI=1S/C12H28O3Si/c1-7-12(2,3)10-8-9-11-16(13-4,14-5)15-6/h7-11H2,1-6H3. The van der Waals surface area contributed by atoms with Crippen LogP contribution in [0.5, 0.6) is 0 Å². The molecule has 0 aliphatic carbocycles. The Morgan fingerprint density at radius 3 is 1.81 bits per heavy atom. The fourth-order valence-corrected chi connectivity index (χ4v) is 3.47. The summed E-state index contributed by atoms with van der Waals surface area (Å²) in [5, 5.41) is 0. The maximum atomic E-state index is 5.39. The first kappa shape index (κ1) is 16.1. The third-order valence-corrected chi connectivity index (χ3v) is 6.31. The molecule has 3 nitrogen and oxygen atoms in total. The number of unbranched alkanes of at least 4 members (excludes halogenated alkanes) is 1. The van der Waals surface area contributed by atoms with Crippen LogP contribution in [-0.4, -0.2) is 30.1 Å². The van der Waals surface area contributed by atoms with E-state index in [9.17, 15) is 0 Å². The molecule has 0 saturated heterocycles. The van der Waals surface area contributed by atoms with E-state index in [1.807, 2.05) is 0 Å². The molecular weight excluding hydrogens is 220 g/mol. The molecule has 0 spiro atoms. The summed E-state index contributed by atoms with van der Waals surface area (Å²) in [6, 6.07) is 0.913. The van der Waals surface area contributed by atoms with E-state index in [2.05, 4.69) is 20.8 Å². The van der Waals surface area contributed by atoms with Gasteiger partial charge in [-0.2, -0.15) is 0 Å². The molecule has 0 aliphatic rings. The van der Waals surface area contributed by atoms with Gasteiger partial charge in [0, 0.05) is 27.4 Å². The highest BCUT2D eigenvalue weighted by atomic mass is 28.4. The van der Waals surface area contributed by atoms with Crippen molar-refractivity contribution in [3.8, 4) is 0 Å². The molecule has 0 saturated carbocycles. The number of rotatable bonds is 9. The Hall–Kier alpha value is 0.0969. The fraction of sp³-hybridized carbons (Fsp3) is 1.00. The lowest BCUT2D eigenvalue weighted by Gasteiger charge is -2.26. The molecular formula is C12H28O3Si. The Morgan fingerprint density at radius 1 is 0.938 bits per heavy atom. The van der Waals surface area contributed by atoms with Gasteiger partial charge in [-0.15, -0.1) is 0 Å². The van der Waals surface area contributed by atoms with E-state index in [1.54, 1.807) is 21.3 Å². The van der Waals surface area contributed by atoms with Crippen LogP contribution in [0.1, 0.15) is 46.5 Å². The Labute approximate surface area is 102 Å². The van der Waals surface area contributed by atoms with Crippen molar-refractivity contribution in [3.63, 3.8) is 0 Å². The van der Waals surface area contributed by atoms with E-state index in [-0.39, 0.29) is 0 Å². The van der Waals surface area contributed by atoms with Gasteiger partial charge >= 0.3 is 8.80 Å². The molecule has 0 N–H and O–H groups in total. The highest BCUT2D eigenvalue weighted by molar-refractivity contribution is 6.60. The van der Waals surface area contributed by atoms with Gasteiger partial charge < -0.3 is 13.3 Å². The zero-order valence-corrected chi connectivity index (χ0v) is 12.8. The molecule has 4 heteroatoms. The van der Waals surface area contributed by atoms with Crippen LogP contribution >= 0.6 is 0 Å². The van der Waals surface area contributed by atoms with E-state index >= 15 is 0 Å². The minimum atomic E-state index is -2.32. The Bertz CT molecular complexity index is 171. The monoisotopic (exact) mass is 248 g/mol. The predicted octanol–water partition coefficient (Wildman–Crippen LogP) is 3.47. The third-order valence-electron chi connectivity index (χ3n) is 3.48. The predicted molar refractivity (Wildman–Crippen MR) is 69.5 cm³/mol. The van der Waals surface area contributed by atoms with Crippen LogP contribution in [0.4, 0.5) is 0 Å². The number of hydrogen-bond donors (Lipinski definition) is 0. The quantitative estimate of drug-likeness (QED) is 0.462. The van der Waals surface area contributed by atoms with Gasteiger partial charge in [-0.1, -0.05) is 33.6 Å². The highest BCUT2D eigenvalue weighted by Gasteiger charge is 2.36. The van der Waals surface area contributed by atoms with E-state index in [1.165, 1.54) is 19.3 Å². The Morgan fingerprint density at radius 2 is 1.44 bits per heavy atom. The van der Waals surface area contributed by atoms with Crippen molar-refractivity contribution in [2.75, 3.05) is 21.3 Å². The molecule has 0 radical (unpaired) electrons. The molecule has 0 fully saturated rings. The summed E-state index contributed by atoms with van der Waals surface area (Å²) in [6.45, 7) is 6.89. The third kappa shape index (κ3) is 5.43. The van der Waals surface area contributed by atoms with E-state index in [0.29, 0.717) is 5.41 Å². The summed E-state index contributed by atoms with van der Waals surface area (Å²) >= 11 is 0. The molecule has 0 atom stereocenters. The van der Waals surface area contributed by atoms with Crippen LogP contribution in [0.15, 0.2) is 0 Å². The van der Waals surface area contributed by atoms with Gasteiger partial charge in [0.25, 0.3) is 0 Å². The van der Waals surface area contributed by atoms with Crippen molar-refractivity contribution in [1.82, 2.24) is 0 Å².